The van der Waals surface area contributed by atoms with Crippen molar-refractivity contribution in [1.82, 2.24) is 39.3 Å². The molecule has 4 aromatic heterocycles. The van der Waals surface area contributed by atoms with Gasteiger partial charge >= 0.3 is 5.69 Å². The molecule has 5 aromatic rings. The van der Waals surface area contributed by atoms with Gasteiger partial charge in [0.2, 0.25) is 5.82 Å². The number of rotatable bonds is 7. The van der Waals surface area contributed by atoms with Crippen LogP contribution in [0.3, 0.4) is 0 Å². The fourth-order valence-corrected chi connectivity index (χ4v) is 4.48. The van der Waals surface area contributed by atoms with E-state index in [9.17, 15) is 4.79 Å². The predicted octanol–water partition coefficient (Wildman–Crippen LogP) is 4.44. The highest BCUT2D eigenvalue weighted by Crippen LogP contribution is 2.25. The van der Waals surface area contributed by atoms with Gasteiger partial charge in [0.25, 0.3) is 0 Å². The minimum absolute atomic E-state index is 0.0612. The van der Waals surface area contributed by atoms with Gasteiger partial charge in [0, 0.05) is 35.4 Å². The first-order chi connectivity index (χ1) is 17.3. The molecule has 184 valence electrons. The topological polar surface area (TPSA) is 99.2 Å². The van der Waals surface area contributed by atoms with Gasteiger partial charge in [-0.15, -0.1) is 10.2 Å². The highest BCUT2D eigenvalue weighted by atomic mass is 16.1. The van der Waals surface area contributed by atoms with Gasteiger partial charge in [-0.25, -0.2) is 4.79 Å². The Morgan fingerprint density at radius 3 is 2.56 bits per heavy atom. The summed E-state index contributed by atoms with van der Waals surface area (Å²) in [7, 11) is 0. The molecule has 9 heteroatoms. The molecule has 0 fully saturated rings. The van der Waals surface area contributed by atoms with E-state index in [0.29, 0.717) is 12.4 Å². The third kappa shape index (κ3) is 4.51. The van der Waals surface area contributed by atoms with Gasteiger partial charge in [0.15, 0.2) is 0 Å². The molecule has 0 unspecified atom stereocenters. The predicted molar refractivity (Wildman–Crippen MR) is 139 cm³/mol. The normalized spacial score (nSPS) is 11.8. The van der Waals surface area contributed by atoms with Crippen molar-refractivity contribution in [3.63, 3.8) is 0 Å². The third-order valence-corrected chi connectivity index (χ3v) is 6.20. The lowest BCUT2D eigenvalue weighted by Crippen LogP contribution is -2.29. The molecule has 5 rings (SSSR count). The Morgan fingerprint density at radius 2 is 1.81 bits per heavy atom. The number of aryl methyl sites for hydroxylation is 1. The van der Waals surface area contributed by atoms with Gasteiger partial charge in [-0.05, 0) is 73.9 Å². The number of nitrogens with zero attached hydrogens (tertiary/aromatic N) is 7. The number of benzene rings is 1. The SMILES string of the molecule is CCCc1cn(-c2cccn2C(C)(C)C)c(=O)n1Cc1cc(-c2cccc(-c3nn[nH]n3)c2)ccn1. The summed E-state index contributed by atoms with van der Waals surface area (Å²) in [6.07, 6.45) is 7.54. The second kappa shape index (κ2) is 9.41. The molecule has 0 amide bonds. The summed E-state index contributed by atoms with van der Waals surface area (Å²) in [6, 6.07) is 15.9. The Bertz CT molecular complexity index is 1530. The first-order valence-corrected chi connectivity index (χ1v) is 12.1. The molecule has 36 heavy (non-hydrogen) atoms. The third-order valence-electron chi connectivity index (χ3n) is 6.20. The van der Waals surface area contributed by atoms with Crippen LogP contribution in [0.2, 0.25) is 0 Å². The van der Waals surface area contributed by atoms with Gasteiger partial charge in [-0.1, -0.05) is 31.5 Å². The van der Waals surface area contributed by atoms with Crippen LogP contribution in [0.4, 0.5) is 0 Å². The summed E-state index contributed by atoms with van der Waals surface area (Å²) in [4.78, 5) is 18.2. The van der Waals surface area contributed by atoms with Crippen molar-refractivity contribution < 1.29 is 0 Å². The second-order valence-corrected chi connectivity index (χ2v) is 9.87. The lowest BCUT2D eigenvalue weighted by atomic mass is 10.0. The van der Waals surface area contributed by atoms with E-state index in [2.05, 4.69) is 57.9 Å². The number of imidazole rings is 1. The van der Waals surface area contributed by atoms with Crippen molar-refractivity contribution in [1.29, 1.82) is 0 Å². The Kier molecular flexibility index (Phi) is 6.13. The van der Waals surface area contributed by atoms with Crippen LogP contribution in [0.5, 0.6) is 0 Å². The molecule has 0 aliphatic carbocycles. The van der Waals surface area contributed by atoms with Crippen LogP contribution < -0.4 is 5.69 Å². The molecule has 1 N–H and O–H groups in total. The first kappa shape index (κ1) is 23.5. The molecule has 0 spiro atoms. The molecule has 0 bridgehead atoms. The number of hydrogen-bond donors (Lipinski definition) is 1. The molecule has 0 aliphatic heterocycles. The van der Waals surface area contributed by atoms with Crippen molar-refractivity contribution >= 4 is 0 Å². The number of H-pyrrole nitrogens is 1. The lowest BCUT2D eigenvalue weighted by molar-refractivity contribution is 0.393. The highest BCUT2D eigenvalue weighted by Gasteiger charge is 2.20. The number of nitrogens with one attached hydrogen (secondary N) is 1. The van der Waals surface area contributed by atoms with E-state index in [1.54, 1.807) is 10.8 Å². The molecular formula is C27H30N8O. The van der Waals surface area contributed by atoms with E-state index in [0.717, 1.165) is 46.7 Å². The second-order valence-electron chi connectivity index (χ2n) is 9.87. The maximum Gasteiger partial charge on any atom is 0.334 e. The van der Waals surface area contributed by atoms with Crippen molar-refractivity contribution in [2.24, 2.45) is 0 Å². The van der Waals surface area contributed by atoms with E-state index >= 15 is 0 Å². The van der Waals surface area contributed by atoms with Gasteiger partial charge in [0.1, 0.15) is 5.82 Å². The average molecular weight is 483 g/mol. The monoisotopic (exact) mass is 482 g/mol. The number of tetrazole rings is 1. The number of pyridine rings is 1. The molecule has 0 saturated heterocycles. The van der Waals surface area contributed by atoms with E-state index in [-0.39, 0.29) is 11.2 Å². The quantitative estimate of drug-likeness (QED) is 0.370. The molecule has 9 nitrogen and oxygen atoms in total. The zero-order chi connectivity index (χ0) is 25.3. The Hall–Kier alpha value is -4.27. The zero-order valence-electron chi connectivity index (χ0n) is 21.0. The van der Waals surface area contributed by atoms with Crippen molar-refractivity contribution in [2.75, 3.05) is 0 Å². The fourth-order valence-electron chi connectivity index (χ4n) is 4.48. The van der Waals surface area contributed by atoms with E-state index in [4.69, 9.17) is 0 Å². The smallest absolute Gasteiger partial charge is 0.329 e. The standard InChI is InChI=1S/C27H30N8O/c1-5-8-23-18-34(24-11-7-14-35(24)27(2,3)4)26(36)33(23)17-22-16-20(12-13-28-22)19-9-6-10-21(15-19)25-29-31-32-30-25/h6-7,9-16,18H,5,8,17H2,1-4H3,(H,29,30,31,32). The van der Waals surface area contributed by atoms with Crippen LogP contribution in [0.15, 0.2) is 71.9 Å². The van der Waals surface area contributed by atoms with Gasteiger partial charge in [-0.3, -0.25) is 14.1 Å². The van der Waals surface area contributed by atoms with Crippen molar-refractivity contribution in [3.05, 3.63) is 89.0 Å². The first-order valence-electron chi connectivity index (χ1n) is 12.1. The number of aromatic nitrogens is 8. The van der Waals surface area contributed by atoms with Crippen molar-refractivity contribution in [3.8, 4) is 28.3 Å². The summed E-state index contributed by atoms with van der Waals surface area (Å²) in [5.74, 6) is 1.41. The van der Waals surface area contributed by atoms with Crippen LogP contribution in [0.25, 0.3) is 28.3 Å². The average Bonchev–Trinajstić information content (AvgIpc) is 3.62. The summed E-state index contributed by atoms with van der Waals surface area (Å²) >= 11 is 0. The minimum atomic E-state index is -0.142. The maximum absolute atomic E-state index is 13.6. The Labute approximate surface area is 209 Å². The summed E-state index contributed by atoms with van der Waals surface area (Å²) in [6.45, 7) is 8.92. The van der Waals surface area contributed by atoms with Crippen molar-refractivity contribution in [2.45, 2.75) is 52.6 Å². The largest absolute Gasteiger partial charge is 0.334 e. The van der Waals surface area contributed by atoms with E-state index < -0.39 is 0 Å². The molecule has 0 saturated carbocycles. The Morgan fingerprint density at radius 1 is 1.00 bits per heavy atom. The molecule has 4 heterocycles. The summed E-state index contributed by atoms with van der Waals surface area (Å²) in [5.41, 5.74) is 4.52. The van der Waals surface area contributed by atoms with Crippen LogP contribution in [0.1, 0.15) is 45.5 Å². The van der Waals surface area contributed by atoms with Crippen LogP contribution >= 0.6 is 0 Å². The zero-order valence-corrected chi connectivity index (χ0v) is 21.0. The number of aromatic amines is 1. The van der Waals surface area contributed by atoms with Gasteiger partial charge in [-0.2, -0.15) is 5.21 Å². The van der Waals surface area contributed by atoms with Gasteiger partial charge < -0.3 is 4.57 Å². The van der Waals surface area contributed by atoms with Crippen LogP contribution in [-0.2, 0) is 18.5 Å². The van der Waals surface area contributed by atoms with E-state index in [1.807, 2.05) is 65.5 Å². The molecule has 0 aliphatic rings. The summed E-state index contributed by atoms with van der Waals surface area (Å²) < 4.78 is 5.73. The lowest BCUT2D eigenvalue weighted by Gasteiger charge is -2.24. The van der Waals surface area contributed by atoms with Gasteiger partial charge in [0.05, 0.1) is 12.2 Å². The fraction of sp³-hybridized carbons (Fsp3) is 0.296. The highest BCUT2D eigenvalue weighted by molar-refractivity contribution is 5.70. The van der Waals surface area contributed by atoms with E-state index in [1.165, 1.54) is 0 Å². The Balaban J connectivity index is 1.51. The van der Waals surface area contributed by atoms with Crippen LogP contribution in [-0.4, -0.2) is 39.3 Å². The molecule has 0 atom stereocenters. The minimum Gasteiger partial charge on any atom is -0.329 e. The van der Waals surface area contributed by atoms with Crippen LogP contribution in [0, 0.1) is 0 Å². The molecular weight excluding hydrogens is 452 g/mol. The molecule has 0 radical (unpaired) electrons. The number of hydrogen-bond acceptors (Lipinski definition) is 5. The summed E-state index contributed by atoms with van der Waals surface area (Å²) in [5, 5.41) is 14.3. The maximum atomic E-state index is 13.6. The molecule has 1 aromatic carbocycles.